The van der Waals surface area contributed by atoms with Crippen molar-refractivity contribution in [3.05, 3.63) is 65.2 Å². The Kier molecular flexibility index (Phi) is 4.79. The Morgan fingerprint density at radius 1 is 1.08 bits per heavy atom. The molecule has 2 aromatic carbocycles. The van der Waals surface area contributed by atoms with Crippen molar-refractivity contribution in [1.29, 1.82) is 0 Å². The Morgan fingerprint density at radius 2 is 1.81 bits per heavy atom. The average molecular weight is 349 g/mol. The summed E-state index contributed by atoms with van der Waals surface area (Å²) in [7, 11) is 2.18. The van der Waals surface area contributed by atoms with Gasteiger partial charge in [0.05, 0.1) is 5.92 Å². The molecule has 2 atom stereocenters. The van der Waals surface area contributed by atoms with E-state index in [1.165, 1.54) is 18.4 Å². The highest BCUT2D eigenvalue weighted by molar-refractivity contribution is 5.96. The zero-order chi connectivity index (χ0) is 18.1. The minimum atomic E-state index is -0.159. The van der Waals surface area contributed by atoms with Gasteiger partial charge in [-0.15, -0.1) is 0 Å². The highest BCUT2D eigenvalue weighted by atomic mass is 16.1. The highest BCUT2D eigenvalue weighted by Gasteiger charge is 2.33. The maximum atomic E-state index is 12.9. The second-order valence-electron chi connectivity index (χ2n) is 7.72. The predicted molar refractivity (Wildman–Crippen MR) is 105 cm³/mol. The van der Waals surface area contributed by atoms with Crippen molar-refractivity contribution in [3.63, 3.8) is 0 Å². The monoisotopic (exact) mass is 349 g/mol. The first kappa shape index (κ1) is 17.3. The van der Waals surface area contributed by atoms with Gasteiger partial charge in [-0.05, 0) is 74.1 Å². The van der Waals surface area contributed by atoms with Crippen LogP contribution in [0.5, 0.6) is 0 Å². The van der Waals surface area contributed by atoms with Crippen LogP contribution in [0, 0.1) is 0 Å². The standard InChI is InChI=1S/C22H27N3O/c1-25-11-9-15(10-12-25)16-5-4-6-17(13-16)24-22(26)20-14-21(23)19-8-3-2-7-18(19)20/h2-8,13,15,20-21H,9-12,14,23H2,1H3,(H,24,26). The molecule has 3 N–H and O–H groups in total. The number of amides is 1. The van der Waals surface area contributed by atoms with E-state index in [2.05, 4.69) is 35.5 Å². The molecule has 136 valence electrons. The van der Waals surface area contributed by atoms with Gasteiger partial charge in [-0.25, -0.2) is 0 Å². The van der Waals surface area contributed by atoms with E-state index in [0.717, 1.165) is 29.9 Å². The van der Waals surface area contributed by atoms with Crippen LogP contribution in [0.25, 0.3) is 0 Å². The molecule has 0 bridgehead atoms. The number of carbonyl (C=O) groups excluding carboxylic acids is 1. The van der Waals surface area contributed by atoms with E-state index >= 15 is 0 Å². The molecule has 1 heterocycles. The van der Waals surface area contributed by atoms with Crippen molar-refractivity contribution in [1.82, 2.24) is 4.90 Å². The minimum absolute atomic E-state index is 0.0472. The summed E-state index contributed by atoms with van der Waals surface area (Å²) in [6.45, 7) is 2.27. The van der Waals surface area contributed by atoms with E-state index in [-0.39, 0.29) is 17.9 Å². The van der Waals surface area contributed by atoms with Crippen molar-refractivity contribution >= 4 is 11.6 Å². The Balaban J connectivity index is 1.48. The predicted octanol–water partition coefficient (Wildman–Crippen LogP) is 3.62. The summed E-state index contributed by atoms with van der Waals surface area (Å²) in [6, 6.07) is 16.4. The molecule has 26 heavy (non-hydrogen) atoms. The second-order valence-corrected chi connectivity index (χ2v) is 7.72. The first-order valence-electron chi connectivity index (χ1n) is 9.55. The van der Waals surface area contributed by atoms with Gasteiger partial charge in [0.15, 0.2) is 0 Å². The van der Waals surface area contributed by atoms with Crippen molar-refractivity contribution in [2.75, 3.05) is 25.5 Å². The molecule has 2 aliphatic rings. The van der Waals surface area contributed by atoms with Crippen LogP contribution >= 0.6 is 0 Å². The number of benzene rings is 2. The van der Waals surface area contributed by atoms with Gasteiger partial charge in [-0.1, -0.05) is 36.4 Å². The largest absolute Gasteiger partial charge is 0.326 e. The molecule has 4 heteroatoms. The first-order valence-corrected chi connectivity index (χ1v) is 9.55. The van der Waals surface area contributed by atoms with Crippen LogP contribution in [-0.2, 0) is 4.79 Å². The molecule has 1 saturated heterocycles. The first-order chi connectivity index (χ1) is 12.6. The highest BCUT2D eigenvalue weighted by Crippen LogP contribution is 2.39. The van der Waals surface area contributed by atoms with E-state index < -0.39 is 0 Å². The van der Waals surface area contributed by atoms with Crippen LogP contribution < -0.4 is 11.1 Å². The smallest absolute Gasteiger partial charge is 0.231 e. The van der Waals surface area contributed by atoms with E-state index in [0.29, 0.717) is 12.3 Å². The SMILES string of the molecule is CN1CCC(c2cccc(NC(=O)C3CC(N)c4ccccc43)c2)CC1. The van der Waals surface area contributed by atoms with E-state index in [1.807, 2.05) is 30.3 Å². The third kappa shape index (κ3) is 3.39. The van der Waals surface area contributed by atoms with E-state index in [9.17, 15) is 4.79 Å². The minimum Gasteiger partial charge on any atom is -0.326 e. The zero-order valence-corrected chi connectivity index (χ0v) is 15.3. The molecule has 4 nitrogen and oxygen atoms in total. The number of likely N-dealkylation sites (tertiary alicyclic amines) is 1. The lowest BCUT2D eigenvalue weighted by Crippen LogP contribution is -2.29. The molecule has 4 rings (SSSR count). The van der Waals surface area contributed by atoms with Gasteiger partial charge in [-0.2, -0.15) is 0 Å². The van der Waals surface area contributed by atoms with Gasteiger partial charge in [0.25, 0.3) is 0 Å². The maximum absolute atomic E-state index is 12.9. The number of hydrogen-bond donors (Lipinski definition) is 2. The van der Waals surface area contributed by atoms with Crippen molar-refractivity contribution in [2.45, 2.75) is 37.1 Å². The fraction of sp³-hybridized carbons (Fsp3) is 0.409. The number of nitrogens with one attached hydrogen (secondary N) is 1. The summed E-state index contributed by atoms with van der Waals surface area (Å²) in [4.78, 5) is 15.3. The Labute approximate surface area is 155 Å². The van der Waals surface area contributed by atoms with Crippen LogP contribution in [0.15, 0.2) is 48.5 Å². The molecule has 2 unspecified atom stereocenters. The van der Waals surface area contributed by atoms with Gasteiger partial charge in [0.2, 0.25) is 5.91 Å². The summed E-state index contributed by atoms with van der Waals surface area (Å²) in [5.41, 5.74) is 10.6. The normalized spacial score (nSPS) is 23.6. The lowest BCUT2D eigenvalue weighted by molar-refractivity contribution is -0.117. The lowest BCUT2D eigenvalue weighted by atomic mass is 9.89. The zero-order valence-electron chi connectivity index (χ0n) is 15.3. The van der Waals surface area contributed by atoms with Gasteiger partial charge >= 0.3 is 0 Å². The van der Waals surface area contributed by atoms with Gasteiger partial charge in [-0.3, -0.25) is 4.79 Å². The molecule has 1 fully saturated rings. The summed E-state index contributed by atoms with van der Waals surface area (Å²) in [5.74, 6) is 0.475. The Hall–Kier alpha value is -2.17. The summed E-state index contributed by atoms with van der Waals surface area (Å²) in [6.07, 6.45) is 3.04. The van der Waals surface area contributed by atoms with Gasteiger partial charge in [0, 0.05) is 11.7 Å². The van der Waals surface area contributed by atoms with Crippen LogP contribution in [0.3, 0.4) is 0 Å². The Morgan fingerprint density at radius 3 is 2.58 bits per heavy atom. The number of fused-ring (bicyclic) bond motifs is 1. The Bertz CT molecular complexity index is 795. The van der Waals surface area contributed by atoms with Gasteiger partial charge < -0.3 is 16.0 Å². The topological polar surface area (TPSA) is 58.4 Å². The van der Waals surface area contributed by atoms with Gasteiger partial charge in [0.1, 0.15) is 0 Å². The number of carbonyl (C=O) groups is 1. The third-order valence-corrected chi connectivity index (χ3v) is 5.92. The second kappa shape index (κ2) is 7.22. The molecule has 0 aromatic heterocycles. The molecule has 2 aromatic rings. The molecule has 1 aliphatic heterocycles. The molecule has 1 amide bonds. The fourth-order valence-corrected chi connectivity index (χ4v) is 4.36. The average Bonchev–Trinajstić information content (AvgIpc) is 3.00. The number of rotatable bonds is 3. The molecule has 0 spiro atoms. The molecular weight excluding hydrogens is 322 g/mol. The van der Waals surface area contributed by atoms with Crippen LogP contribution in [0.2, 0.25) is 0 Å². The van der Waals surface area contributed by atoms with E-state index in [1.54, 1.807) is 0 Å². The summed E-state index contributed by atoms with van der Waals surface area (Å²) in [5, 5.41) is 3.13. The van der Waals surface area contributed by atoms with Crippen LogP contribution in [-0.4, -0.2) is 30.9 Å². The van der Waals surface area contributed by atoms with Crippen LogP contribution in [0.4, 0.5) is 5.69 Å². The quantitative estimate of drug-likeness (QED) is 0.890. The van der Waals surface area contributed by atoms with E-state index in [4.69, 9.17) is 5.73 Å². The molecule has 0 radical (unpaired) electrons. The summed E-state index contributed by atoms with van der Waals surface area (Å²) < 4.78 is 0. The number of piperidine rings is 1. The van der Waals surface area contributed by atoms with Crippen molar-refractivity contribution in [2.24, 2.45) is 5.73 Å². The number of nitrogens with zero attached hydrogens (tertiary/aromatic N) is 1. The van der Waals surface area contributed by atoms with Crippen molar-refractivity contribution in [3.8, 4) is 0 Å². The maximum Gasteiger partial charge on any atom is 0.231 e. The molecule has 0 saturated carbocycles. The number of anilines is 1. The number of nitrogens with two attached hydrogens (primary N) is 1. The van der Waals surface area contributed by atoms with Crippen LogP contribution in [0.1, 0.15) is 53.8 Å². The fourth-order valence-electron chi connectivity index (χ4n) is 4.36. The molecular formula is C22H27N3O. The molecule has 1 aliphatic carbocycles. The number of hydrogen-bond acceptors (Lipinski definition) is 3. The van der Waals surface area contributed by atoms with Crippen molar-refractivity contribution < 1.29 is 4.79 Å². The lowest BCUT2D eigenvalue weighted by Gasteiger charge is -2.29. The third-order valence-electron chi connectivity index (χ3n) is 5.92. The summed E-state index contributed by atoms with van der Waals surface area (Å²) >= 11 is 0.